The Labute approximate surface area is 139 Å². The zero-order chi connectivity index (χ0) is 16.3. The molecule has 1 aromatic carbocycles. The molecule has 5 nitrogen and oxygen atoms in total. The van der Waals surface area contributed by atoms with Crippen molar-refractivity contribution < 1.29 is 9.59 Å². The summed E-state index contributed by atoms with van der Waals surface area (Å²) in [7, 11) is 0. The van der Waals surface area contributed by atoms with E-state index in [1.54, 1.807) is 17.0 Å². The van der Waals surface area contributed by atoms with Crippen LogP contribution in [0.2, 0.25) is 0 Å². The van der Waals surface area contributed by atoms with E-state index in [2.05, 4.69) is 21.2 Å². The number of nitrogens with one attached hydrogen (secondary N) is 1. The summed E-state index contributed by atoms with van der Waals surface area (Å²) < 4.78 is 0.921. The summed E-state index contributed by atoms with van der Waals surface area (Å²) in [5.41, 5.74) is 6.02. The third-order valence-corrected chi connectivity index (χ3v) is 4.15. The Bertz CT molecular complexity index is 552. The van der Waals surface area contributed by atoms with E-state index >= 15 is 0 Å². The molecule has 1 aromatic rings. The first-order valence-corrected chi connectivity index (χ1v) is 8.20. The lowest BCUT2D eigenvalue weighted by molar-refractivity contribution is -0.125. The number of halogens is 1. The van der Waals surface area contributed by atoms with Gasteiger partial charge in [-0.15, -0.1) is 0 Å². The lowest BCUT2D eigenvalue weighted by Gasteiger charge is -2.26. The highest BCUT2D eigenvalue weighted by atomic mass is 79.9. The van der Waals surface area contributed by atoms with Gasteiger partial charge in [-0.3, -0.25) is 9.59 Å². The van der Waals surface area contributed by atoms with Crippen molar-refractivity contribution in [1.29, 1.82) is 0 Å². The highest BCUT2D eigenvalue weighted by Gasteiger charge is 2.34. The largest absolute Gasteiger partial charge is 0.352 e. The molecule has 120 valence electrons. The SMILES string of the molecule is CC(C)(N)CNC(=O)C1CCCN1C(=O)c1ccc(Br)cc1. The number of hydrogen-bond acceptors (Lipinski definition) is 3. The van der Waals surface area contributed by atoms with Crippen molar-refractivity contribution in [2.45, 2.75) is 38.3 Å². The van der Waals surface area contributed by atoms with Gasteiger partial charge in [-0.2, -0.15) is 0 Å². The minimum absolute atomic E-state index is 0.0999. The first-order chi connectivity index (χ1) is 10.3. The number of rotatable bonds is 4. The van der Waals surface area contributed by atoms with Crippen LogP contribution < -0.4 is 11.1 Å². The lowest BCUT2D eigenvalue weighted by atomic mass is 10.1. The Morgan fingerprint density at radius 2 is 2.00 bits per heavy atom. The van der Waals surface area contributed by atoms with E-state index in [4.69, 9.17) is 5.73 Å². The summed E-state index contributed by atoms with van der Waals surface area (Å²) in [5, 5.41) is 2.84. The van der Waals surface area contributed by atoms with Gasteiger partial charge in [0.05, 0.1) is 0 Å². The molecule has 0 bridgehead atoms. The zero-order valence-corrected chi connectivity index (χ0v) is 14.5. The van der Waals surface area contributed by atoms with Crippen molar-refractivity contribution in [2.75, 3.05) is 13.1 Å². The summed E-state index contributed by atoms with van der Waals surface area (Å²) in [4.78, 5) is 26.6. The molecule has 22 heavy (non-hydrogen) atoms. The molecule has 3 N–H and O–H groups in total. The third kappa shape index (κ3) is 4.30. The molecule has 0 saturated carbocycles. The number of likely N-dealkylation sites (tertiary alicyclic amines) is 1. The smallest absolute Gasteiger partial charge is 0.254 e. The summed E-state index contributed by atoms with van der Waals surface area (Å²) in [6.45, 7) is 4.71. The molecule has 1 unspecified atom stereocenters. The second kappa shape index (κ2) is 6.79. The van der Waals surface area contributed by atoms with Gasteiger partial charge in [-0.25, -0.2) is 0 Å². The van der Waals surface area contributed by atoms with Crippen LogP contribution >= 0.6 is 15.9 Å². The molecule has 0 radical (unpaired) electrons. The van der Waals surface area contributed by atoms with Gasteiger partial charge in [-0.1, -0.05) is 15.9 Å². The van der Waals surface area contributed by atoms with Crippen molar-refractivity contribution in [3.05, 3.63) is 34.3 Å². The van der Waals surface area contributed by atoms with Crippen molar-refractivity contribution >= 4 is 27.7 Å². The van der Waals surface area contributed by atoms with Crippen LogP contribution in [0.4, 0.5) is 0 Å². The molecule has 0 aromatic heterocycles. The van der Waals surface area contributed by atoms with Gasteiger partial charge in [0.25, 0.3) is 5.91 Å². The van der Waals surface area contributed by atoms with Crippen LogP contribution in [-0.2, 0) is 4.79 Å². The minimum atomic E-state index is -0.463. The highest BCUT2D eigenvalue weighted by Crippen LogP contribution is 2.21. The molecule has 1 atom stereocenters. The number of nitrogens with zero attached hydrogens (tertiary/aromatic N) is 1. The second-order valence-corrected chi connectivity index (χ2v) is 7.29. The minimum Gasteiger partial charge on any atom is -0.352 e. The van der Waals surface area contributed by atoms with Crippen LogP contribution in [0.1, 0.15) is 37.0 Å². The van der Waals surface area contributed by atoms with Crippen molar-refractivity contribution in [3.8, 4) is 0 Å². The number of nitrogens with two attached hydrogens (primary N) is 1. The van der Waals surface area contributed by atoms with E-state index in [-0.39, 0.29) is 11.8 Å². The normalized spacial score (nSPS) is 18.4. The fourth-order valence-corrected chi connectivity index (χ4v) is 2.74. The molecule has 6 heteroatoms. The van der Waals surface area contributed by atoms with Gasteiger partial charge < -0.3 is 16.0 Å². The predicted molar refractivity (Wildman–Crippen MR) is 89.5 cm³/mol. The van der Waals surface area contributed by atoms with E-state index in [0.717, 1.165) is 10.9 Å². The molecule has 0 spiro atoms. The molecule has 2 amide bonds. The molecule has 0 aliphatic carbocycles. The van der Waals surface area contributed by atoms with Gasteiger partial charge >= 0.3 is 0 Å². The Kier molecular flexibility index (Phi) is 5.24. The van der Waals surface area contributed by atoms with Gasteiger partial charge in [-0.05, 0) is 51.0 Å². The predicted octanol–water partition coefficient (Wildman–Crippen LogP) is 1.91. The van der Waals surface area contributed by atoms with Crippen LogP contribution in [0, 0.1) is 0 Å². The lowest BCUT2D eigenvalue weighted by Crippen LogP contribution is -2.51. The summed E-state index contributed by atoms with van der Waals surface area (Å²) >= 11 is 3.35. The van der Waals surface area contributed by atoms with E-state index in [1.165, 1.54) is 0 Å². The van der Waals surface area contributed by atoms with Gasteiger partial charge in [0.2, 0.25) is 5.91 Å². The Morgan fingerprint density at radius 3 is 2.59 bits per heavy atom. The molecule has 2 rings (SSSR count). The second-order valence-electron chi connectivity index (χ2n) is 6.37. The van der Waals surface area contributed by atoms with Crippen LogP contribution in [0.15, 0.2) is 28.7 Å². The van der Waals surface area contributed by atoms with Crippen molar-refractivity contribution in [2.24, 2.45) is 5.73 Å². The van der Waals surface area contributed by atoms with Gasteiger partial charge in [0.1, 0.15) is 6.04 Å². The number of amides is 2. The van der Waals surface area contributed by atoms with Gasteiger partial charge in [0.15, 0.2) is 0 Å². The fourth-order valence-electron chi connectivity index (χ4n) is 2.47. The Hall–Kier alpha value is -1.40. The number of hydrogen-bond donors (Lipinski definition) is 2. The Morgan fingerprint density at radius 1 is 1.36 bits per heavy atom. The molecule has 1 aliphatic heterocycles. The van der Waals surface area contributed by atoms with Crippen LogP contribution in [0.3, 0.4) is 0 Å². The van der Waals surface area contributed by atoms with Crippen LogP contribution in [-0.4, -0.2) is 41.4 Å². The monoisotopic (exact) mass is 367 g/mol. The molecule has 1 saturated heterocycles. The maximum absolute atomic E-state index is 12.6. The van der Waals surface area contributed by atoms with Crippen LogP contribution in [0.5, 0.6) is 0 Å². The number of benzene rings is 1. The summed E-state index contributed by atoms with van der Waals surface area (Å²) in [5.74, 6) is -0.223. The molecular formula is C16H22BrN3O2. The summed E-state index contributed by atoms with van der Waals surface area (Å²) in [6.07, 6.45) is 1.53. The van der Waals surface area contributed by atoms with Crippen LogP contribution in [0.25, 0.3) is 0 Å². The zero-order valence-electron chi connectivity index (χ0n) is 12.9. The average Bonchev–Trinajstić information content (AvgIpc) is 2.93. The quantitative estimate of drug-likeness (QED) is 0.853. The maximum Gasteiger partial charge on any atom is 0.254 e. The summed E-state index contributed by atoms with van der Waals surface area (Å²) in [6, 6.07) is 6.79. The van der Waals surface area contributed by atoms with E-state index in [1.807, 2.05) is 26.0 Å². The van der Waals surface area contributed by atoms with Crippen molar-refractivity contribution in [3.63, 3.8) is 0 Å². The fraction of sp³-hybridized carbons (Fsp3) is 0.500. The molecule has 1 fully saturated rings. The third-order valence-electron chi connectivity index (χ3n) is 3.63. The molecule has 1 heterocycles. The first-order valence-electron chi connectivity index (χ1n) is 7.41. The topological polar surface area (TPSA) is 75.4 Å². The molecular weight excluding hydrogens is 346 g/mol. The van der Waals surface area contributed by atoms with Gasteiger partial charge in [0, 0.05) is 28.7 Å². The molecule has 1 aliphatic rings. The number of carbonyl (C=O) groups is 2. The maximum atomic E-state index is 12.6. The highest BCUT2D eigenvalue weighted by molar-refractivity contribution is 9.10. The Balaban J connectivity index is 2.05. The van der Waals surface area contributed by atoms with Crippen molar-refractivity contribution in [1.82, 2.24) is 10.2 Å². The number of carbonyl (C=O) groups excluding carboxylic acids is 2. The van der Waals surface area contributed by atoms with E-state index < -0.39 is 11.6 Å². The standard InChI is InChI=1S/C16H22BrN3O2/c1-16(2,18)10-19-14(21)13-4-3-9-20(13)15(22)11-5-7-12(17)8-6-11/h5-8,13H,3-4,9-10,18H2,1-2H3,(H,19,21). The van der Waals surface area contributed by atoms with E-state index in [0.29, 0.717) is 25.1 Å². The first kappa shape index (κ1) is 17.0. The average molecular weight is 368 g/mol. The van der Waals surface area contributed by atoms with E-state index in [9.17, 15) is 9.59 Å².